The molecule has 7 fully saturated rings. The molecule has 7 aliphatic rings. The third kappa shape index (κ3) is 4.49. The van der Waals surface area contributed by atoms with Crippen molar-refractivity contribution in [3.05, 3.63) is 0 Å². The maximum atomic E-state index is 12.6. The van der Waals surface area contributed by atoms with Crippen molar-refractivity contribution in [2.75, 3.05) is 0 Å². The second-order valence-corrected chi connectivity index (χ2v) is 14.2. The summed E-state index contributed by atoms with van der Waals surface area (Å²) in [6.45, 7) is 14.0. The largest absolute Gasteiger partial charge is 0.458 e. The molecule has 5 atom stereocenters. The van der Waals surface area contributed by atoms with Gasteiger partial charge in [0.1, 0.15) is 11.7 Å². The Bertz CT molecular complexity index is 924. The topological polar surface area (TPSA) is 88.1 Å². The first-order valence-corrected chi connectivity index (χ1v) is 15.2. The van der Waals surface area contributed by atoms with E-state index in [0.717, 1.165) is 24.7 Å². The van der Waals surface area contributed by atoms with Crippen LogP contribution in [0.25, 0.3) is 0 Å². The van der Waals surface area contributed by atoms with Crippen LogP contribution in [-0.2, 0) is 33.3 Å². The standard InChI is InChI=1S/C18H30O2.C13H18O5/c1-5-17(3,4)16(19)20-18(6-2)14-8-12-7-13(10-14)11-15(18)9-12;1-4-13(2,3)12(15)18-9-7-5-6-8(16-7)10(9)17-11(6)14/h12-15H,5-11H2,1-4H3;6-10H,4-5H2,1-3H3. The molecule has 3 heterocycles. The summed E-state index contributed by atoms with van der Waals surface area (Å²) in [6, 6.07) is 0. The van der Waals surface area contributed by atoms with E-state index in [1.807, 2.05) is 34.6 Å². The van der Waals surface area contributed by atoms with Crippen molar-refractivity contribution >= 4 is 17.9 Å². The fourth-order valence-corrected chi connectivity index (χ4v) is 8.06. The van der Waals surface area contributed by atoms with E-state index < -0.39 is 17.6 Å². The molecular weight excluding hydrogens is 484 g/mol. The molecule has 0 N–H and O–H groups in total. The second kappa shape index (κ2) is 9.78. The molecule has 4 saturated carbocycles. The van der Waals surface area contributed by atoms with Gasteiger partial charge in [0.2, 0.25) is 0 Å². The van der Waals surface area contributed by atoms with Gasteiger partial charge in [0.05, 0.1) is 22.9 Å². The molecule has 0 aromatic carbocycles. The normalized spacial score (nSPS) is 42.0. The number of hydrogen-bond donors (Lipinski definition) is 0. The molecule has 0 amide bonds. The van der Waals surface area contributed by atoms with Gasteiger partial charge in [0.25, 0.3) is 0 Å². The summed E-state index contributed by atoms with van der Waals surface area (Å²) in [6.07, 6.45) is 8.67. The van der Waals surface area contributed by atoms with Crippen LogP contribution in [0.2, 0.25) is 0 Å². The SMILES string of the molecule is CCC(C)(C)C(=O)OC1(CC)C2CC3CC(C2)CC1C3.CCC(C)(C)C(=O)OC1C2CC3C(=O)OC1C3O2. The van der Waals surface area contributed by atoms with Crippen LogP contribution in [0.5, 0.6) is 0 Å². The number of hydrogen-bond acceptors (Lipinski definition) is 7. The smallest absolute Gasteiger partial charge is 0.312 e. The van der Waals surface area contributed by atoms with Crippen molar-refractivity contribution < 1.29 is 33.3 Å². The Kier molecular flexibility index (Phi) is 7.18. The summed E-state index contributed by atoms with van der Waals surface area (Å²) in [5.74, 6) is 2.57. The van der Waals surface area contributed by atoms with Crippen molar-refractivity contribution in [2.24, 2.45) is 40.4 Å². The third-order valence-corrected chi connectivity index (χ3v) is 11.3. The lowest BCUT2D eigenvalue weighted by Gasteiger charge is -2.60. The zero-order valence-corrected chi connectivity index (χ0v) is 24.4. The van der Waals surface area contributed by atoms with Crippen LogP contribution >= 0.6 is 0 Å². The number of carbonyl (C=O) groups is 3. The van der Waals surface area contributed by atoms with E-state index in [4.69, 9.17) is 18.9 Å². The third-order valence-electron chi connectivity index (χ3n) is 11.3. The Morgan fingerprint density at radius 3 is 1.92 bits per heavy atom. The molecule has 5 unspecified atom stereocenters. The van der Waals surface area contributed by atoms with Crippen molar-refractivity contribution in [1.29, 1.82) is 0 Å². The van der Waals surface area contributed by atoms with E-state index in [2.05, 4.69) is 13.8 Å². The zero-order chi connectivity index (χ0) is 27.6. The van der Waals surface area contributed by atoms with Gasteiger partial charge in [0.15, 0.2) is 12.2 Å². The highest BCUT2D eigenvalue weighted by Crippen LogP contribution is 2.61. The number of fused-ring (bicyclic) bond motifs is 1. The van der Waals surface area contributed by atoms with Gasteiger partial charge < -0.3 is 18.9 Å². The van der Waals surface area contributed by atoms with Crippen LogP contribution in [0, 0.1) is 40.4 Å². The first kappa shape index (κ1) is 27.9. The van der Waals surface area contributed by atoms with Crippen LogP contribution < -0.4 is 0 Å². The molecule has 0 aromatic heterocycles. The second-order valence-electron chi connectivity index (χ2n) is 14.2. The van der Waals surface area contributed by atoms with Gasteiger partial charge >= 0.3 is 17.9 Å². The maximum Gasteiger partial charge on any atom is 0.312 e. The summed E-state index contributed by atoms with van der Waals surface area (Å²) in [5.41, 5.74) is -0.975. The lowest BCUT2D eigenvalue weighted by Crippen LogP contribution is -2.60. The van der Waals surface area contributed by atoms with Crippen LogP contribution in [0.1, 0.15) is 106 Å². The van der Waals surface area contributed by atoms with Gasteiger partial charge in [-0.2, -0.15) is 0 Å². The van der Waals surface area contributed by atoms with Crippen LogP contribution in [0.3, 0.4) is 0 Å². The quantitative estimate of drug-likeness (QED) is 0.311. The molecule has 3 aliphatic heterocycles. The zero-order valence-electron chi connectivity index (χ0n) is 24.4. The molecule has 3 saturated heterocycles. The molecule has 7 rings (SSSR count). The van der Waals surface area contributed by atoms with Gasteiger partial charge in [-0.3, -0.25) is 14.4 Å². The van der Waals surface area contributed by atoms with E-state index in [9.17, 15) is 14.4 Å². The van der Waals surface area contributed by atoms with Gasteiger partial charge in [-0.15, -0.1) is 0 Å². The Morgan fingerprint density at radius 1 is 0.842 bits per heavy atom. The van der Waals surface area contributed by atoms with Crippen LogP contribution in [0.15, 0.2) is 0 Å². The van der Waals surface area contributed by atoms with Crippen molar-refractivity contribution in [3.63, 3.8) is 0 Å². The monoisotopic (exact) mass is 532 g/mol. The molecule has 214 valence electrons. The lowest BCUT2D eigenvalue weighted by molar-refractivity contribution is -0.218. The number of carbonyl (C=O) groups excluding carboxylic acids is 3. The minimum atomic E-state index is -0.510. The van der Waals surface area contributed by atoms with Crippen molar-refractivity contribution in [3.8, 4) is 0 Å². The Labute approximate surface area is 228 Å². The van der Waals surface area contributed by atoms with Gasteiger partial charge in [-0.1, -0.05) is 20.8 Å². The van der Waals surface area contributed by atoms with Gasteiger partial charge in [-0.25, -0.2) is 0 Å². The molecule has 7 heteroatoms. The Hall–Kier alpha value is -1.63. The Balaban J connectivity index is 0.000000156. The van der Waals surface area contributed by atoms with Gasteiger partial charge in [0, 0.05) is 0 Å². The van der Waals surface area contributed by atoms with Crippen LogP contribution in [-0.4, -0.2) is 47.9 Å². The number of ether oxygens (including phenoxy) is 4. The molecule has 7 nitrogen and oxygen atoms in total. The first-order chi connectivity index (χ1) is 17.8. The van der Waals surface area contributed by atoms with E-state index in [-0.39, 0.29) is 47.0 Å². The van der Waals surface area contributed by atoms with E-state index >= 15 is 0 Å². The van der Waals surface area contributed by atoms with Crippen molar-refractivity contribution in [1.82, 2.24) is 0 Å². The van der Waals surface area contributed by atoms with Crippen LogP contribution in [0.4, 0.5) is 0 Å². The first-order valence-electron chi connectivity index (χ1n) is 15.2. The average molecular weight is 533 g/mol. The molecular formula is C31H48O7. The number of rotatable bonds is 7. The summed E-state index contributed by atoms with van der Waals surface area (Å²) in [7, 11) is 0. The summed E-state index contributed by atoms with van der Waals surface area (Å²) < 4.78 is 22.7. The number of esters is 3. The lowest BCUT2D eigenvalue weighted by atomic mass is 9.49. The van der Waals surface area contributed by atoms with E-state index in [1.54, 1.807) is 0 Å². The van der Waals surface area contributed by atoms with E-state index in [1.165, 1.54) is 32.1 Å². The van der Waals surface area contributed by atoms with Gasteiger partial charge in [-0.05, 0) is 109 Å². The fourth-order valence-electron chi connectivity index (χ4n) is 8.06. The highest BCUT2D eigenvalue weighted by molar-refractivity contribution is 5.79. The minimum absolute atomic E-state index is 0.0364. The molecule has 38 heavy (non-hydrogen) atoms. The van der Waals surface area contributed by atoms with E-state index in [0.29, 0.717) is 24.7 Å². The highest BCUT2D eigenvalue weighted by atomic mass is 16.7. The summed E-state index contributed by atoms with van der Waals surface area (Å²) >= 11 is 0. The molecule has 4 aliphatic carbocycles. The predicted octanol–water partition coefficient (Wildman–Crippen LogP) is 5.62. The minimum Gasteiger partial charge on any atom is -0.458 e. The summed E-state index contributed by atoms with van der Waals surface area (Å²) in [4.78, 5) is 36.2. The summed E-state index contributed by atoms with van der Waals surface area (Å²) in [5, 5.41) is 0. The molecule has 0 radical (unpaired) electrons. The van der Waals surface area contributed by atoms with Crippen molar-refractivity contribution in [2.45, 2.75) is 136 Å². The molecule has 0 aromatic rings. The average Bonchev–Trinajstić information content (AvgIpc) is 3.51. The molecule has 6 bridgehead atoms. The maximum absolute atomic E-state index is 12.6. The molecule has 0 spiro atoms. The Morgan fingerprint density at radius 2 is 1.39 bits per heavy atom. The fraction of sp³-hybridized carbons (Fsp3) is 0.903. The highest BCUT2D eigenvalue weighted by Gasteiger charge is 2.65. The predicted molar refractivity (Wildman–Crippen MR) is 141 cm³/mol.